The van der Waals surface area contributed by atoms with Crippen LogP contribution in [0, 0.1) is 0 Å². The van der Waals surface area contributed by atoms with E-state index in [1.165, 1.54) is 5.57 Å². The zero-order chi connectivity index (χ0) is 6.28. The molecule has 0 aliphatic rings. The van der Waals surface area contributed by atoms with E-state index in [0.717, 1.165) is 0 Å². The lowest BCUT2D eigenvalue weighted by Gasteiger charge is -1.65. The number of hydrogen-bond donors (Lipinski definition) is 1. The molecule has 0 saturated carbocycles. The summed E-state index contributed by atoms with van der Waals surface area (Å²) in [6, 6.07) is 0. The van der Waals surface area contributed by atoms with Crippen LogP contribution in [0.4, 0.5) is 0 Å². The van der Waals surface area contributed by atoms with Crippen LogP contribution in [0.15, 0.2) is 24.8 Å². The van der Waals surface area contributed by atoms with Crippen LogP contribution in [0.1, 0.15) is 20.8 Å². The second-order valence-corrected chi connectivity index (χ2v) is 1.62. The van der Waals surface area contributed by atoms with E-state index >= 15 is 0 Å². The molecule has 1 nitrogen and oxygen atoms in total. The van der Waals surface area contributed by atoms with Crippen LogP contribution in [-0.4, -0.2) is 0 Å². The molecule has 9 heavy (non-hydrogen) atoms. The fourth-order valence-electron chi connectivity index (χ4n) is 0. The Kier molecular flexibility index (Phi) is 65.2. The quantitative estimate of drug-likeness (QED) is 0.530. The van der Waals surface area contributed by atoms with Crippen LogP contribution >= 0.6 is 12.4 Å². The van der Waals surface area contributed by atoms with Crippen LogP contribution in [0.3, 0.4) is 0 Å². The zero-order valence-corrected chi connectivity index (χ0v) is 7.42. The van der Waals surface area contributed by atoms with E-state index in [1.807, 2.05) is 20.8 Å². The summed E-state index contributed by atoms with van der Waals surface area (Å²) in [5.74, 6) is 0. The summed E-state index contributed by atoms with van der Waals surface area (Å²) in [6.45, 7) is 12.8. The molecule has 0 heterocycles. The van der Waals surface area contributed by atoms with Crippen LogP contribution in [0.2, 0.25) is 0 Å². The fourth-order valence-corrected chi connectivity index (χ4v) is 0. The molecule has 0 saturated heterocycles. The summed E-state index contributed by atoms with van der Waals surface area (Å²) in [6.07, 6.45) is 1.75. The van der Waals surface area contributed by atoms with Gasteiger partial charge in [-0.05, 0) is 20.8 Å². The highest BCUT2D eigenvalue weighted by Gasteiger charge is 1.51. The Morgan fingerprint density at radius 2 is 1.33 bits per heavy atom. The van der Waals surface area contributed by atoms with Crippen molar-refractivity contribution in [2.45, 2.75) is 20.8 Å². The van der Waals surface area contributed by atoms with Gasteiger partial charge in [-0.15, -0.1) is 25.6 Å². The molecule has 0 aromatic rings. The number of halogens is 1. The molecule has 0 atom stereocenters. The summed E-state index contributed by atoms with van der Waals surface area (Å²) in [5.41, 5.74) is 1.17. The molecular formula is C7H18ClN. The maximum absolute atomic E-state index is 3.56. The van der Waals surface area contributed by atoms with Gasteiger partial charge in [0.05, 0.1) is 0 Å². The Balaban J connectivity index is -0.0000000233. The molecule has 0 aliphatic heterocycles. The Bertz CT molecular complexity index is 55.9. The van der Waals surface area contributed by atoms with Crippen molar-refractivity contribution in [3.05, 3.63) is 24.8 Å². The van der Waals surface area contributed by atoms with Gasteiger partial charge in [0.2, 0.25) is 0 Å². The van der Waals surface area contributed by atoms with E-state index in [1.54, 1.807) is 6.08 Å². The first-order valence-electron chi connectivity index (χ1n) is 2.34. The van der Waals surface area contributed by atoms with Crippen molar-refractivity contribution in [2.24, 2.45) is 0 Å². The van der Waals surface area contributed by atoms with Gasteiger partial charge in [-0.1, -0.05) is 11.6 Å². The van der Waals surface area contributed by atoms with Gasteiger partial charge in [0.25, 0.3) is 0 Å². The lowest BCUT2D eigenvalue weighted by molar-refractivity contribution is 1.42. The van der Waals surface area contributed by atoms with E-state index in [2.05, 4.69) is 13.2 Å². The second-order valence-electron chi connectivity index (χ2n) is 1.62. The predicted octanol–water partition coefficient (Wildman–Crippen LogP) is 3.36. The zero-order valence-electron chi connectivity index (χ0n) is 6.61. The third kappa shape index (κ3) is 3480. The maximum atomic E-state index is 3.56. The van der Waals surface area contributed by atoms with Gasteiger partial charge in [-0.3, -0.25) is 0 Å². The third-order valence-electron chi connectivity index (χ3n) is 0. The highest BCUT2D eigenvalue weighted by Crippen LogP contribution is 1.73. The van der Waals surface area contributed by atoms with Gasteiger partial charge >= 0.3 is 0 Å². The summed E-state index contributed by atoms with van der Waals surface area (Å²) in [7, 11) is 0. The average Bonchev–Trinajstić information content (AvgIpc) is 1.33. The van der Waals surface area contributed by atoms with Gasteiger partial charge < -0.3 is 6.15 Å². The van der Waals surface area contributed by atoms with Crippen LogP contribution < -0.4 is 6.15 Å². The van der Waals surface area contributed by atoms with Crippen LogP contribution in [0.5, 0.6) is 0 Å². The van der Waals surface area contributed by atoms with Crippen molar-refractivity contribution < 1.29 is 0 Å². The van der Waals surface area contributed by atoms with Crippen molar-refractivity contribution in [1.29, 1.82) is 0 Å². The van der Waals surface area contributed by atoms with Gasteiger partial charge in [0.1, 0.15) is 0 Å². The molecule has 2 heteroatoms. The lowest BCUT2D eigenvalue weighted by atomic mass is 10.4. The van der Waals surface area contributed by atoms with Gasteiger partial charge in [-0.25, -0.2) is 0 Å². The summed E-state index contributed by atoms with van der Waals surface area (Å²) >= 11 is 0. The van der Waals surface area contributed by atoms with Gasteiger partial charge in [0.15, 0.2) is 0 Å². The average molecular weight is 152 g/mol. The molecule has 3 N–H and O–H groups in total. The minimum atomic E-state index is 0. The summed E-state index contributed by atoms with van der Waals surface area (Å²) in [4.78, 5) is 0. The largest absolute Gasteiger partial charge is 0.344 e. The van der Waals surface area contributed by atoms with Gasteiger partial charge in [0, 0.05) is 0 Å². The third-order valence-corrected chi connectivity index (χ3v) is 0. The molecule has 0 rings (SSSR count). The van der Waals surface area contributed by atoms with E-state index in [4.69, 9.17) is 0 Å². The Labute approximate surface area is 64.8 Å². The van der Waals surface area contributed by atoms with Gasteiger partial charge in [-0.2, -0.15) is 0 Å². The standard InChI is InChI=1S/C4H8.C3H6.ClH.H3N/c1-4(2)3;1-3-2;;/h1H2,2-3H3;3H,1H2,2H3;1H;1H3. The number of rotatable bonds is 0. The Hall–Kier alpha value is -0.270. The molecule has 0 aliphatic carbocycles. The molecule has 0 aromatic heterocycles. The smallest absolute Gasteiger partial charge is 0.0445 e. The lowest BCUT2D eigenvalue weighted by Crippen LogP contribution is -1.43. The molecule has 0 unspecified atom stereocenters. The van der Waals surface area contributed by atoms with Crippen molar-refractivity contribution in [3.63, 3.8) is 0 Å². The van der Waals surface area contributed by atoms with Crippen molar-refractivity contribution in [1.82, 2.24) is 6.15 Å². The maximum Gasteiger partial charge on any atom is -0.0445 e. The highest BCUT2D eigenvalue weighted by molar-refractivity contribution is 5.85. The molecule has 58 valence electrons. The normalized spacial score (nSPS) is 4.33. The number of hydrogen-bond acceptors (Lipinski definition) is 1. The molecule has 0 aromatic carbocycles. The predicted molar refractivity (Wildman–Crippen MR) is 48.6 cm³/mol. The van der Waals surface area contributed by atoms with Crippen LogP contribution in [0.25, 0.3) is 0 Å². The van der Waals surface area contributed by atoms with Crippen molar-refractivity contribution >= 4 is 12.4 Å². The van der Waals surface area contributed by atoms with Crippen molar-refractivity contribution in [2.75, 3.05) is 0 Å². The summed E-state index contributed by atoms with van der Waals surface area (Å²) in [5, 5.41) is 0. The minimum absolute atomic E-state index is 0. The first-order valence-corrected chi connectivity index (χ1v) is 2.34. The minimum Gasteiger partial charge on any atom is -0.344 e. The Morgan fingerprint density at radius 3 is 1.33 bits per heavy atom. The summed E-state index contributed by atoms with van der Waals surface area (Å²) < 4.78 is 0. The van der Waals surface area contributed by atoms with Crippen molar-refractivity contribution in [3.8, 4) is 0 Å². The molecule has 0 amide bonds. The van der Waals surface area contributed by atoms with E-state index < -0.39 is 0 Å². The fraction of sp³-hybridized carbons (Fsp3) is 0.429. The topological polar surface area (TPSA) is 35.0 Å². The second kappa shape index (κ2) is 25.2. The molecule has 0 spiro atoms. The van der Waals surface area contributed by atoms with E-state index in [9.17, 15) is 0 Å². The molecule has 0 fully saturated rings. The number of allylic oxidation sites excluding steroid dienone is 2. The highest BCUT2D eigenvalue weighted by atomic mass is 35.5. The first kappa shape index (κ1) is 23.3. The van der Waals surface area contributed by atoms with E-state index in [-0.39, 0.29) is 18.6 Å². The Morgan fingerprint density at radius 1 is 1.33 bits per heavy atom. The molecular weight excluding hydrogens is 134 g/mol. The molecule has 0 radical (unpaired) electrons. The first-order chi connectivity index (χ1) is 3.15. The van der Waals surface area contributed by atoms with E-state index in [0.29, 0.717) is 0 Å². The van der Waals surface area contributed by atoms with Crippen LogP contribution in [-0.2, 0) is 0 Å². The monoisotopic (exact) mass is 151 g/mol. The molecule has 0 bridgehead atoms. The SMILES string of the molecule is C=C(C)C.C=CC.Cl.N.